The summed E-state index contributed by atoms with van der Waals surface area (Å²) < 4.78 is 5.28. The van der Waals surface area contributed by atoms with Gasteiger partial charge in [0.2, 0.25) is 5.91 Å². The van der Waals surface area contributed by atoms with Crippen LogP contribution in [-0.4, -0.2) is 81.9 Å². The average Bonchev–Trinajstić information content (AvgIpc) is 2.60. The van der Waals surface area contributed by atoms with Crippen LogP contribution in [0.25, 0.3) is 0 Å². The van der Waals surface area contributed by atoms with Crippen LogP contribution in [0.3, 0.4) is 0 Å². The fraction of sp³-hybridized carbons (Fsp3) is 0.778. The first kappa shape index (κ1) is 21.9. The Morgan fingerprint density at radius 2 is 1.86 bits per heavy atom. The van der Waals surface area contributed by atoms with Crippen LogP contribution in [0, 0.1) is 11.8 Å². The van der Waals surface area contributed by atoms with E-state index in [2.05, 4.69) is 0 Å². The van der Waals surface area contributed by atoms with Crippen LogP contribution in [0.15, 0.2) is 0 Å². The second-order valence-electron chi connectivity index (χ2n) is 7.90. The number of carboxylic acid groups (broad SMARTS) is 1. The van der Waals surface area contributed by atoms with E-state index in [1.54, 1.807) is 20.8 Å². The zero-order valence-electron chi connectivity index (χ0n) is 17.0. The van der Waals surface area contributed by atoms with Crippen molar-refractivity contribution in [2.24, 2.45) is 11.8 Å². The van der Waals surface area contributed by atoms with E-state index in [-0.39, 0.29) is 49.8 Å². The van der Waals surface area contributed by atoms with Crippen LogP contribution < -0.4 is 0 Å². The van der Waals surface area contributed by atoms with Gasteiger partial charge in [-0.3, -0.25) is 19.2 Å². The zero-order chi connectivity index (χ0) is 21.2. The highest BCUT2D eigenvalue weighted by Gasteiger charge is 2.52. The van der Waals surface area contributed by atoms with Crippen molar-refractivity contribution in [2.45, 2.75) is 59.4 Å². The van der Waals surface area contributed by atoms with Crippen molar-refractivity contribution in [2.75, 3.05) is 19.7 Å². The Balaban J connectivity index is 2.30. The minimum atomic E-state index is -1.04. The summed E-state index contributed by atoms with van der Waals surface area (Å²) in [5.41, 5.74) is 0. The summed E-state index contributed by atoms with van der Waals surface area (Å²) in [6.45, 7) is 9.07. The molecule has 2 heterocycles. The second kappa shape index (κ2) is 8.76. The number of hydroxylamine groups is 2. The standard InChI is InChI=1S/C18H29N3O7/c1-10(2)9-27-18(26)21-13-8-19(7-6-14(22)23)16(24)12(5)20(13)17(25)15(28-21)11(3)4/h10-13,15H,6-9H2,1-5H3,(H,22,23)/t12-,13?,15-/m0/s1. The van der Waals surface area contributed by atoms with E-state index in [0.717, 1.165) is 5.06 Å². The van der Waals surface area contributed by atoms with Gasteiger partial charge in [-0.25, -0.2) is 4.79 Å². The molecule has 3 atom stereocenters. The Hall–Kier alpha value is -2.36. The molecule has 10 heteroatoms. The lowest BCUT2D eigenvalue weighted by molar-refractivity contribution is -0.272. The summed E-state index contributed by atoms with van der Waals surface area (Å²) in [5.74, 6) is -1.86. The monoisotopic (exact) mass is 399 g/mol. The largest absolute Gasteiger partial charge is 0.481 e. The number of carbonyl (C=O) groups excluding carboxylic acids is 3. The molecule has 2 aliphatic heterocycles. The average molecular weight is 399 g/mol. The molecule has 2 saturated heterocycles. The van der Waals surface area contributed by atoms with Crippen LogP contribution in [0.1, 0.15) is 41.0 Å². The fourth-order valence-electron chi connectivity index (χ4n) is 3.23. The number of aliphatic carboxylic acids is 1. The summed E-state index contributed by atoms with van der Waals surface area (Å²) in [7, 11) is 0. The summed E-state index contributed by atoms with van der Waals surface area (Å²) in [6.07, 6.45) is -2.75. The maximum atomic E-state index is 12.9. The number of nitrogens with zero attached hydrogens (tertiary/aromatic N) is 3. The summed E-state index contributed by atoms with van der Waals surface area (Å²) in [4.78, 5) is 57.5. The molecule has 0 aromatic heterocycles. The van der Waals surface area contributed by atoms with E-state index in [1.165, 1.54) is 9.80 Å². The van der Waals surface area contributed by atoms with E-state index in [1.807, 2.05) is 13.8 Å². The highest BCUT2D eigenvalue weighted by molar-refractivity contribution is 5.92. The maximum Gasteiger partial charge on any atom is 0.436 e. The van der Waals surface area contributed by atoms with Gasteiger partial charge in [0, 0.05) is 6.54 Å². The Morgan fingerprint density at radius 3 is 2.39 bits per heavy atom. The molecule has 0 aliphatic carbocycles. The fourth-order valence-corrected chi connectivity index (χ4v) is 3.23. The minimum absolute atomic E-state index is 0.0144. The number of carboxylic acids is 1. The molecule has 1 unspecified atom stereocenters. The van der Waals surface area contributed by atoms with Crippen LogP contribution in [0.4, 0.5) is 4.79 Å². The first-order valence-corrected chi connectivity index (χ1v) is 9.50. The lowest BCUT2D eigenvalue weighted by atomic mass is 10.0. The van der Waals surface area contributed by atoms with E-state index in [9.17, 15) is 19.2 Å². The lowest BCUT2D eigenvalue weighted by Gasteiger charge is -2.52. The van der Waals surface area contributed by atoms with E-state index in [0.29, 0.717) is 0 Å². The van der Waals surface area contributed by atoms with Gasteiger partial charge in [-0.05, 0) is 18.8 Å². The quantitative estimate of drug-likeness (QED) is 0.705. The number of piperazine rings is 1. The van der Waals surface area contributed by atoms with Gasteiger partial charge >= 0.3 is 12.1 Å². The second-order valence-corrected chi connectivity index (χ2v) is 7.90. The van der Waals surface area contributed by atoms with Gasteiger partial charge in [0.25, 0.3) is 5.91 Å². The molecule has 10 nitrogen and oxygen atoms in total. The number of fused-ring (bicyclic) bond motifs is 1. The molecule has 2 aliphatic rings. The molecular formula is C18H29N3O7. The predicted octanol–water partition coefficient (Wildman–Crippen LogP) is 0.911. The SMILES string of the molecule is CC(C)COC(=O)N1O[C@@H](C(C)C)C(=O)N2C1CN(CCC(=O)O)C(=O)[C@@H]2C. The van der Waals surface area contributed by atoms with Crippen molar-refractivity contribution in [1.29, 1.82) is 0 Å². The molecular weight excluding hydrogens is 370 g/mol. The first-order chi connectivity index (χ1) is 13.0. The van der Waals surface area contributed by atoms with E-state index in [4.69, 9.17) is 14.7 Å². The number of carbonyl (C=O) groups is 4. The first-order valence-electron chi connectivity index (χ1n) is 9.50. The molecule has 0 saturated carbocycles. The minimum Gasteiger partial charge on any atom is -0.481 e. The van der Waals surface area contributed by atoms with E-state index < -0.39 is 30.4 Å². The number of hydrogen-bond donors (Lipinski definition) is 1. The van der Waals surface area contributed by atoms with Gasteiger partial charge in [-0.1, -0.05) is 27.7 Å². The third kappa shape index (κ3) is 4.54. The number of ether oxygens (including phenoxy) is 1. The summed E-state index contributed by atoms with van der Waals surface area (Å²) in [5, 5.41) is 9.94. The van der Waals surface area contributed by atoms with Crippen molar-refractivity contribution in [3.63, 3.8) is 0 Å². The van der Waals surface area contributed by atoms with Crippen LogP contribution >= 0.6 is 0 Å². The van der Waals surface area contributed by atoms with Gasteiger partial charge in [-0.15, -0.1) is 0 Å². The molecule has 2 fully saturated rings. The normalized spacial score (nSPS) is 25.4. The molecule has 0 bridgehead atoms. The molecule has 0 aromatic carbocycles. The van der Waals surface area contributed by atoms with Gasteiger partial charge < -0.3 is 19.6 Å². The zero-order valence-corrected chi connectivity index (χ0v) is 17.0. The van der Waals surface area contributed by atoms with Crippen LogP contribution in [-0.2, 0) is 24.0 Å². The summed E-state index contributed by atoms with van der Waals surface area (Å²) >= 11 is 0. The molecule has 0 aromatic rings. The van der Waals surface area contributed by atoms with Crippen molar-refractivity contribution < 1.29 is 33.9 Å². The number of amides is 3. The van der Waals surface area contributed by atoms with Crippen molar-refractivity contribution in [3.8, 4) is 0 Å². The Labute approximate surface area is 164 Å². The summed E-state index contributed by atoms with van der Waals surface area (Å²) in [6, 6.07) is -0.842. The van der Waals surface area contributed by atoms with Crippen molar-refractivity contribution in [3.05, 3.63) is 0 Å². The molecule has 1 N–H and O–H groups in total. The highest BCUT2D eigenvalue weighted by Crippen LogP contribution is 2.30. The van der Waals surface area contributed by atoms with Crippen LogP contribution in [0.5, 0.6) is 0 Å². The van der Waals surface area contributed by atoms with Gasteiger partial charge in [0.1, 0.15) is 6.04 Å². The number of rotatable bonds is 6. The lowest BCUT2D eigenvalue weighted by Crippen LogP contribution is -2.73. The smallest absolute Gasteiger partial charge is 0.436 e. The van der Waals surface area contributed by atoms with Crippen molar-refractivity contribution in [1.82, 2.24) is 14.9 Å². The molecule has 28 heavy (non-hydrogen) atoms. The van der Waals surface area contributed by atoms with Gasteiger partial charge in [-0.2, -0.15) is 5.06 Å². The molecule has 3 amide bonds. The molecule has 158 valence electrons. The number of hydrogen-bond acceptors (Lipinski definition) is 6. The van der Waals surface area contributed by atoms with Crippen molar-refractivity contribution >= 4 is 23.9 Å². The topological polar surface area (TPSA) is 117 Å². The molecule has 2 rings (SSSR count). The van der Waals surface area contributed by atoms with E-state index >= 15 is 0 Å². The highest BCUT2D eigenvalue weighted by atomic mass is 16.7. The van der Waals surface area contributed by atoms with Gasteiger partial charge in [0.05, 0.1) is 19.6 Å². The molecule has 0 spiro atoms. The Kier molecular flexibility index (Phi) is 6.87. The van der Waals surface area contributed by atoms with Gasteiger partial charge in [0.15, 0.2) is 12.3 Å². The Bertz CT molecular complexity index is 637. The Morgan fingerprint density at radius 1 is 1.21 bits per heavy atom. The van der Waals surface area contributed by atoms with Crippen LogP contribution in [0.2, 0.25) is 0 Å². The maximum absolute atomic E-state index is 12.9. The molecule has 0 radical (unpaired) electrons. The third-order valence-electron chi connectivity index (χ3n) is 4.71. The third-order valence-corrected chi connectivity index (χ3v) is 4.71. The predicted molar refractivity (Wildman–Crippen MR) is 96.7 cm³/mol.